The molecule has 2 aromatic rings. The second-order valence-corrected chi connectivity index (χ2v) is 7.42. The molecule has 3 aliphatic carbocycles. The van der Waals surface area contributed by atoms with Gasteiger partial charge in [-0.05, 0) is 41.0 Å². The number of carbonyl (C=O) groups is 1. The summed E-state index contributed by atoms with van der Waals surface area (Å²) in [7, 11) is 0. The summed E-state index contributed by atoms with van der Waals surface area (Å²) >= 11 is 0. The number of halogens is 1. The molecule has 5 rings (SSSR count). The van der Waals surface area contributed by atoms with Gasteiger partial charge in [0.2, 0.25) is 5.91 Å². The number of nitrogens with one attached hydrogen (secondary N) is 1. The van der Waals surface area contributed by atoms with Crippen molar-refractivity contribution >= 4 is 18.3 Å². The Morgan fingerprint density at radius 1 is 1.08 bits per heavy atom. The molecule has 0 radical (unpaired) electrons. The first-order chi connectivity index (χ1) is 12.2. The number of hydrogen-bond donors (Lipinski definition) is 2. The van der Waals surface area contributed by atoms with Gasteiger partial charge in [0.15, 0.2) is 0 Å². The lowest BCUT2D eigenvalue weighted by Gasteiger charge is -2.45. The standard InChI is InChI=1S/C22H26N2O.ClH/c1-2-7-20(23)22(25)24-13-14-12-19-15-8-3-5-10-17(15)21(14)18-11-6-4-9-16(18)19;/h3-6,8-11,14,19-21H,2,7,12-13,23H2,1H3,(H,24,25);1H. The SMILES string of the molecule is CCCC(N)C(=O)NCC1CC2c3ccccc3C1c1ccccc12.Cl. The molecule has 0 aliphatic heterocycles. The first kappa shape index (κ1) is 18.9. The molecule has 3 nitrogen and oxygen atoms in total. The van der Waals surface area contributed by atoms with Crippen molar-refractivity contribution in [3.05, 3.63) is 70.8 Å². The quantitative estimate of drug-likeness (QED) is 0.837. The van der Waals surface area contributed by atoms with Gasteiger partial charge >= 0.3 is 0 Å². The van der Waals surface area contributed by atoms with E-state index in [0.717, 1.165) is 19.3 Å². The fourth-order valence-electron chi connectivity index (χ4n) is 4.76. The van der Waals surface area contributed by atoms with Crippen LogP contribution in [0.3, 0.4) is 0 Å². The maximum atomic E-state index is 12.2. The number of hydrogen-bond acceptors (Lipinski definition) is 2. The number of amides is 1. The van der Waals surface area contributed by atoms with Crippen LogP contribution in [-0.2, 0) is 4.79 Å². The topological polar surface area (TPSA) is 55.1 Å². The van der Waals surface area contributed by atoms with Gasteiger partial charge < -0.3 is 11.1 Å². The maximum absolute atomic E-state index is 12.2. The molecule has 1 amide bonds. The highest BCUT2D eigenvalue weighted by atomic mass is 35.5. The van der Waals surface area contributed by atoms with Crippen LogP contribution in [0.2, 0.25) is 0 Å². The van der Waals surface area contributed by atoms with Crippen LogP contribution in [0.1, 0.15) is 60.3 Å². The van der Waals surface area contributed by atoms with E-state index < -0.39 is 0 Å². The van der Waals surface area contributed by atoms with Crippen molar-refractivity contribution in [2.75, 3.05) is 6.54 Å². The van der Waals surface area contributed by atoms with Gasteiger partial charge in [-0.3, -0.25) is 4.79 Å². The fourth-order valence-corrected chi connectivity index (χ4v) is 4.76. The average molecular weight is 371 g/mol. The maximum Gasteiger partial charge on any atom is 0.236 e. The van der Waals surface area contributed by atoms with Crippen molar-refractivity contribution in [3.63, 3.8) is 0 Å². The molecule has 0 fully saturated rings. The van der Waals surface area contributed by atoms with E-state index in [1.807, 2.05) is 0 Å². The normalized spacial score (nSPS) is 23.4. The van der Waals surface area contributed by atoms with Crippen LogP contribution in [0.4, 0.5) is 0 Å². The van der Waals surface area contributed by atoms with Gasteiger partial charge in [0.1, 0.15) is 0 Å². The molecular formula is C22H27ClN2O. The van der Waals surface area contributed by atoms with Crippen LogP contribution >= 0.6 is 12.4 Å². The van der Waals surface area contributed by atoms with Gasteiger partial charge in [-0.1, -0.05) is 61.9 Å². The lowest BCUT2D eigenvalue weighted by molar-refractivity contribution is -0.122. The Morgan fingerprint density at radius 2 is 1.62 bits per heavy atom. The molecule has 0 heterocycles. The van der Waals surface area contributed by atoms with Crippen LogP contribution in [-0.4, -0.2) is 18.5 Å². The van der Waals surface area contributed by atoms with Crippen LogP contribution in [0.25, 0.3) is 0 Å². The van der Waals surface area contributed by atoms with Gasteiger partial charge in [0.25, 0.3) is 0 Å². The molecule has 3 N–H and O–H groups in total. The van der Waals surface area contributed by atoms with E-state index in [0.29, 0.717) is 24.3 Å². The molecule has 4 heteroatoms. The summed E-state index contributed by atoms with van der Waals surface area (Å²) in [6.45, 7) is 2.77. The predicted octanol–water partition coefficient (Wildman–Crippen LogP) is 3.95. The third-order valence-electron chi connectivity index (χ3n) is 5.90. The average Bonchev–Trinajstić information content (AvgIpc) is 2.66. The molecule has 0 aromatic heterocycles. The van der Waals surface area contributed by atoms with E-state index in [1.54, 1.807) is 0 Å². The molecule has 3 aliphatic rings. The van der Waals surface area contributed by atoms with Crippen LogP contribution in [0, 0.1) is 5.92 Å². The van der Waals surface area contributed by atoms with Crippen molar-refractivity contribution in [2.24, 2.45) is 11.7 Å². The number of nitrogens with two attached hydrogens (primary N) is 1. The largest absolute Gasteiger partial charge is 0.354 e. The third kappa shape index (κ3) is 3.15. The van der Waals surface area contributed by atoms with Gasteiger partial charge in [-0.15, -0.1) is 12.4 Å². The van der Waals surface area contributed by atoms with Crippen molar-refractivity contribution in [3.8, 4) is 0 Å². The van der Waals surface area contributed by atoms with Crippen molar-refractivity contribution in [1.82, 2.24) is 5.32 Å². The Labute approximate surface area is 161 Å². The summed E-state index contributed by atoms with van der Waals surface area (Å²) in [5.41, 5.74) is 11.8. The van der Waals surface area contributed by atoms with E-state index in [1.165, 1.54) is 22.3 Å². The van der Waals surface area contributed by atoms with E-state index in [9.17, 15) is 4.79 Å². The highest BCUT2D eigenvalue weighted by Crippen LogP contribution is 2.55. The van der Waals surface area contributed by atoms with Crippen LogP contribution < -0.4 is 11.1 Å². The number of benzene rings is 2. The molecule has 2 bridgehead atoms. The molecule has 138 valence electrons. The van der Waals surface area contributed by atoms with Gasteiger partial charge in [0.05, 0.1) is 6.04 Å². The van der Waals surface area contributed by atoms with Crippen molar-refractivity contribution in [2.45, 2.75) is 44.1 Å². The Morgan fingerprint density at radius 3 is 2.15 bits per heavy atom. The highest BCUT2D eigenvalue weighted by Gasteiger charge is 2.42. The Balaban J connectivity index is 0.00000196. The lowest BCUT2D eigenvalue weighted by atomic mass is 9.59. The summed E-state index contributed by atoms with van der Waals surface area (Å²) in [5.74, 6) is 1.25. The monoisotopic (exact) mass is 370 g/mol. The van der Waals surface area contributed by atoms with E-state index in [-0.39, 0.29) is 24.4 Å². The number of carbonyl (C=O) groups excluding carboxylic acids is 1. The lowest BCUT2D eigenvalue weighted by Crippen LogP contribution is -2.45. The summed E-state index contributed by atoms with van der Waals surface area (Å²) in [5, 5.41) is 3.12. The van der Waals surface area contributed by atoms with Gasteiger partial charge in [-0.2, -0.15) is 0 Å². The smallest absolute Gasteiger partial charge is 0.236 e. The molecule has 2 unspecified atom stereocenters. The highest BCUT2D eigenvalue weighted by molar-refractivity contribution is 5.85. The minimum absolute atomic E-state index is 0. The zero-order chi connectivity index (χ0) is 17.4. The van der Waals surface area contributed by atoms with E-state index >= 15 is 0 Å². The van der Waals surface area contributed by atoms with Gasteiger partial charge in [0, 0.05) is 18.4 Å². The molecule has 2 atom stereocenters. The second kappa shape index (κ2) is 7.81. The minimum Gasteiger partial charge on any atom is -0.354 e. The van der Waals surface area contributed by atoms with Crippen LogP contribution in [0.15, 0.2) is 48.5 Å². The first-order valence-electron chi connectivity index (χ1n) is 9.41. The molecule has 0 saturated heterocycles. The minimum atomic E-state index is -0.384. The van der Waals surface area contributed by atoms with Crippen LogP contribution in [0.5, 0.6) is 0 Å². The van der Waals surface area contributed by atoms with Gasteiger partial charge in [-0.25, -0.2) is 0 Å². The number of fused-ring (bicyclic) bond motifs is 1. The summed E-state index contributed by atoms with van der Waals surface area (Å²) in [4.78, 5) is 12.2. The first-order valence-corrected chi connectivity index (χ1v) is 9.41. The van der Waals surface area contributed by atoms with E-state index in [2.05, 4.69) is 60.8 Å². The Kier molecular flexibility index (Phi) is 5.69. The zero-order valence-corrected chi connectivity index (χ0v) is 16.0. The molecule has 0 spiro atoms. The van der Waals surface area contributed by atoms with Crippen molar-refractivity contribution in [1.29, 1.82) is 0 Å². The Bertz CT molecular complexity index is 744. The summed E-state index contributed by atoms with van der Waals surface area (Å²) in [6, 6.07) is 17.2. The second-order valence-electron chi connectivity index (χ2n) is 7.42. The summed E-state index contributed by atoms with van der Waals surface area (Å²) in [6.07, 6.45) is 2.78. The Hall–Kier alpha value is -1.84. The molecule has 0 saturated carbocycles. The number of rotatable bonds is 5. The fraction of sp³-hybridized carbons (Fsp3) is 0.409. The van der Waals surface area contributed by atoms with E-state index in [4.69, 9.17) is 5.73 Å². The summed E-state index contributed by atoms with van der Waals surface area (Å²) < 4.78 is 0. The molecular weight excluding hydrogens is 344 g/mol. The predicted molar refractivity (Wildman–Crippen MR) is 108 cm³/mol. The third-order valence-corrected chi connectivity index (χ3v) is 5.90. The zero-order valence-electron chi connectivity index (χ0n) is 15.2. The van der Waals surface area contributed by atoms with Crippen molar-refractivity contribution < 1.29 is 4.79 Å². The molecule has 26 heavy (non-hydrogen) atoms. The molecule has 2 aromatic carbocycles.